The molecule has 0 spiro atoms. The molecule has 0 aliphatic heterocycles. The summed E-state index contributed by atoms with van der Waals surface area (Å²) in [6, 6.07) is 11.7. The maximum absolute atomic E-state index is 11.2. The molecule has 0 unspecified atom stereocenters. The first-order valence-electron chi connectivity index (χ1n) is 9.41. The van der Waals surface area contributed by atoms with Crippen molar-refractivity contribution in [2.45, 2.75) is 0 Å². The van der Waals surface area contributed by atoms with Crippen LogP contribution in [-0.4, -0.2) is 61.7 Å². The van der Waals surface area contributed by atoms with E-state index in [2.05, 4.69) is 15.0 Å². The van der Waals surface area contributed by atoms with Crippen molar-refractivity contribution in [1.82, 2.24) is 4.98 Å². The molecule has 3 rings (SSSR count). The predicted molar refractivity (Wildman–Crippen MR) is 119 cm³/mol. The molecule has 0 aliphatic rings. The van der Waals surface area contributed by atoms with Crippen molar-refractivity contribution < 1.29 is 39.6 Å². The van der Waals surface area contributed by atoms with Crippen molar-refractivity contribution in [2.75, 3.05) is 0 Å². The number of benzene rings is 2. The van der Waals surface area contributed by atoms with Gasteiger partial charge in [0.2, 0.25) is 0 Å². The zero-order chi connectivity index (χ0) is 24.8. The van der Waals surface area contributed by atoms with Gasteiger partial charge >= 0.3 is 23.9 Å². The van der Waals surface area contributed by atoms with E-state index >= 15 is 0 Å². The van der Waals surface area contributed by atoms with Crippen LogP contribution in [0.3, 0.4) is 0 Å². The Balaban J connectivity index is 1.88. The van der Waals surface area contributed by atoms with Crippen LogP contribution in [-0.2, 0) is 0 Å². The predicted octanol–water partition coefficient (Wildman–Crippen LogP) is 3.38. The Morgan fingerprint density at radius 1 is 0.588 bits per heavy atom. The molecule has 0 saturated carbocycles. The minimum absolute atomic E-state index is 0.102. The number of aromatic nitrogens is 1. The Morgan fingerprint density at radius 3 is 1.21 bits per heavy atom. The highest BCUT2D eigenvalue weighted by atomic mass is 16.4. The Kier molecular flexibility index (Phi) is 6.87. The minimum Gasteiger partial charge on any atom is -0.478 e. The number of carbonyl (C=O) groups is 4. The molecule has 4 N–H and O–H groups in total. The van der Waals surface area contributed by atoms with Crippen molar-refractivity contribution in [2.24, 2.45) is 9.98 Å². The fourth-order valence-corrected chi connectivity index (χ4v) is 2.76. The van der Waals surface area contributed by atoms with E-state index in [4.69, 9.17) is 20.4 Å². The summed E-state index contributed by atoms with van der Waals surface area (Å²) in [7, 11) is 0. The van der Waals surface area contributed by atoms with Gasteiger partial charge in [-0.15, -0.1) is 0 Å². The molecular formula is C23H15N3O8. The van der Waals surface area contributed by atoms with E-state index in [-0.39, 0.29) is 33.6 Å². The largest absolute Gasteiger partial charge is 0.478 e. The number of rotatable bonds is 8. The minimum atomic E-state index is -1.30. The lowest BCUT2D eigenvalue weighted by Crippen LogP contribution is -2.02. The number of carboxylic acid groups (broad SMARTS) is 4. The first-order chi connectivity index (χ1) is 16.1. The molecule has 34 heavy (non-hydrogen) atoms. The molecule has 0 fully saturated rings. The molecule has 0 saturated heterocycles. The molecule has 0 bridgehead atoms. The summed E-state index contributed by atoms with van der Waals surface area (Å²) in [5, 5.41) is 36.6. The second-order valence-electron chi connectivity index (χ2n) is 6.76. The zero-order valence-corrected chi connectivity index (χ0v) is 17.1. The highest BCUT2D eigenvalue weighted by molar-refractivity contribution is 5.97. The smallest absolute Gasteiger partial charge is 0.335 e. The van der Waals surface area contributed by atoms with Gasteiger partial charge in [-0.1, -0.05) is 6.07 Å². The lowest BCUT2D eigenvalue weighted by atomic mass is 10.1. The van der Waals surface area contributed by atoms with Gasteiger partial charge in [-0.25, -0.2) is 24.2 Å². The molecule has 170 valence electrons. The van der Waals surface area contributed by atoms with Crippen molar-refractivity contribution in [1.29, 1.82) is 0 Å². The van der Waals surface area contributed by atoms with Gasteiger partial charge in [0.1, 0.15) is 0 Å². The van der Waals surface area contributed by atoms with Crippen LogP contribution in [0.4, 0.5) is 11.4 Å². The third-order valence-electron chi connectivity index (χ3n) is 4.31. The van der Waals surface area contributed by atoms with Crippen molar-refractivity contribution in [3.63, 3.8) is 0 Å². The van der Waals surface area contributed by atoms with E-state index in [1.54, 1.807) is 18.2 Å². The molecule has 0 radical (unpaired) electrons. The van der Waals surface area contributed by atoms with Gasteiger partial charge in [0.15, 0.2) is 0 Å². The van der Waals surface area contributed by atoms with E-state index in [0.717, 1.165) is 12.1 Å². The van der Waals surface area contributed by atoms with Gasteiger partial charge in [0.25, 0.3) is 0 Å². The second-order valence-corrected chi connectivity index (χ2v) is 6.76. The summed E-state index contributed by atoms with van der Waals surface area (Å²) in [4.78, 5) is 57.3. The van der Waals surface area contributed by atoms with Crippen LogP contribution in [0, 0.1) is 0 Å². The van der Waals surface area contributed by atoms with E-state index in [1.807, 2.05) is 0 Å². The summed E-state index contributed by atoms with van der Waals surface area (Å²) >= 11 is 0. The summed E-state index contributed by atoms with van der Waals surface area (Å²) in [6.07, 6.45) is 2.61. The first kappa shape index (κ1) is 23.5. The number of hydrogen-bond donors (Lipinski definition) is 4. The number of hydrogen-bond acceptors (Lipinski definition) is 7. The molecule has 3 aromatic rings. The molecule has 0 atom stereocenters. The average Bonchev–Trinajstić information content (AvgIpc) is 2.81. The summed E-state index contributed by atoms with van der Waals surface area (Å²) in [6.45, 7) is 0. The van der Waals surface area contributed by atoms with Crippen LogP contribution in [0.1, 0.15) is 52.8 Å². The quantitative estimate of drug-likeness (QED) is 0.365. The van der Waals surface area contributed by atoms with E-state index < -0.39 is 23.9 Å². The summed E-state index contributed by atoms with van der Waals surface area (Å²) in [5.41, 5.74) is -0.0419. The Morgan fingerprint density at radius 2 is 0.912 bits per heavy atom. The standard InChI is InChI=1S/C23H15N3O8/c27-20(28)12-4-13(21(29)30)7-18(6-12)24-10-16-2-1-3-17(26-16)11-25-19-8-14(22(31)32)5-15(9-19)23(33)34/h1-11H,(H,27,28)(H,29,30)(H,31,32)(H,33,34). The number of aliphatic imine (C=N–C) groups is 2. The van der Waals surface area contributed by atoms with Crippen LogP contribution < -0.4 is 0 Å². The van der Waals surface area contributed by atoms with Gasteiger partial charge in [-0.2, -0.15) is 0 Å². The molecule has 2 aromatic carbocycles. The van der Waals surface area contributed by atoms with Crippen LogP contribution in [0.25, 0.3) is 0 Å². The van der Waals surface area contributed by atoms with Crippen LogP contribution in [0.15, 0.2) is 64.6 Å². The number of nitrogens with zero attached hydrogens (tertiary/aromatic N) is 3. The fourth-order valence-electron chi connectivity index (χ4n) is 2.76. The maximum atomic E-state index is 11.2. The second kappa shape index (κ2) is 9.96. The topological polar surface area (TPSA) is 187 Å². The summed E-state index contributed by atoms with van der Waals surface area (Å²) in [5.74, 6) is -5.19. The Labute approximate surface area is 191 Å². The molecule has 1 aromatic heterocycles. The molecule has 11 heteroatoms. The van der Waals surface area contributed by atoms with Gasteiger partial charge in [-0.05, 0) is 48.5 Å². The number of carboxylic acids is 4. The highest BCUT2D eigenvalue weighted by Gasteiger charge is 2.12. The first-order valence-corrected chi connectivity index (χ1v) is 9.41. The number of pyridine rings is 1. The normalized spacial score (nSPS) is 11.1. The van der Waals surface area contributed by atoms with Crippen molar-refractivity contribution in [3.8, 4) is 0 Å². The van der Waals surface area contributed by atoms with Crippen molar-refractivity contribution in [3.05, 3.63) is 88.2 Å². The third-order valence-corrected chi connectivity index (χ3v) is 4.31. The molecule has 0 aliphatic carbocycles. The molecule has 0 amide bonds. The Hall–Kier alpha value is -5.19. The van der Waals surface area contributed by atoms with Crippen LogP contribution in [0.2, 0.25) is 0 Å². The van der Waals surface area contributed by atoms with Gasteiger partial charge in [0.05, 0.1) is 57.4 Å². The van der Waals surface area contributed by atoms with E-state index in [1.165, 1.54) is 36.7 Å². The van der Waals surface area contributed by atoms with Crippen molar-refractivity contribution >= 4 is 47.7 Å². The molecular weight excluding hydrogens is 446 g/mol. The van der Waals surface area contributed by atoms with Crippen LogP contribution in [0.5, 0.6) is 0 Å². The van der Waals surface area contributed by atoms with Gasteiger partial charge in [0, 0.05) is 0 Å². The summed E-state index contributed by atoms with van der Waals surface area (Å²) < 4.78 is 0. The van der Waals surface area contributed by atoms with Crippen LogP contribution >= 0.6 is 0 Å². The van der Waals surface area contributed by atoms with E-state index in [9.17, 15) is 19.2 Å². The lowest BCUT2D eigenvalue weighted by Gasteiger charge is -2.02. The van der Waals surface area contributed by atoms with E-state index in [0.29, 0.717) is 11.4 Å². The third kappa shape index (κ3) is 5.95. The van der Waals surface area contributed by atoms with Gasteiger partial charge < -0.3 is 20.4 Å². The molecule has 1 heterocycles. The lowest BCUT2D eigenvalue weighted by molar-refractivity contribution is 0.0676. The molecule has 11 nitrogen and oxygen atoms in total. The Bertz CT molecular complexity index is 1210. The average molecular weight is 461 g/mol. The highest BCUT2D eigenvalue weighted by Crippen LogP contribution is 2.20. The SMILES string of the molecule is O=C(O)c1cc(N=Cc2cccc(C=Nc3cc(C(=O)O)cc(C(=O)O)c3)n2)cc(C(=O)O)c1. The zero-order valence-electron chi connectivity index (χ0n) is 17.1. The number of aromatic carboxylic acids is 4. The van der Waals surface area contributed by atoms with Gasteiger partial charge in [-0.3, -0.25) is 9.98 Å². The monoisotopic (exact) mass is 461 g/mol. The fraction of sp³-hybridized carbons (Fsp3) is 0. The maximum Gasteiger partial charge on any atom is 0.335 e.